The molecule has 2 saturated carbocycles. The number of carbonyl (C=O) groups is 4. The number of ketones is 1. The number of esters is 3. The molecule has 40 heavy (non-hydrogen) atoms. The van der Waals surface area contributed by atoms with Crippen LogP contribution in [0.5, 0.6) is 0 Å². The summed E-state index contributed by atoms with van der Waals surface area (Å²) in [6, 6.07) is 0. The van der Waals surface area contributed by atoms with Crippen LogP contribution in [0.4, 0.5) is 0 Å². The molecular weight excluding hydrogens is 516 g/mol. The van der Waals surface area contributed by atoms with Gasteiger partial charge in [-0.25, -0.2) is 9.59 Å². The van der Waals surface area contributed by atoms with Crippen molar-refractivity contribution >= 4 is 23.7 Å². The molecule has 0 aliphatic heterocycles. The molecule has 0 aromatic carbocycles. The number of carbonyl (C=O) groups excluding carboxylic acids is 4. The molecule has 9 atom stereocenters. The summed E-state index contributed by atoms with van der Waals surface area (Å²) in [5.41, 5.74) is -3.48. The predicted molar refractivity (Wildman–Crippen MR) is 144 cm³/mol. The molecule has 4 aliphatic rings. The molecule has 0 radical (unpaired) electrons. The number of ether oxygens (including phenoxy) is 3. The fourth-order valence-electron chi connectivity index (χ4n) is 7.27. The highest BCUT2D eigenvalue weighted by molar-refractivity contribution is 5.96. The maximum absolute atomic E-state index is 14.7. The first-order valence-corrected chi connectivity index (χ1v) is 13.8. The molecule has 0 aromatic heterocycles. The minimum Gasteiger partial charge on any atom is -0.461 e. The summed E-state index contributed by atoms with van der Waals surface area (Å²) in [5.74, 6) is -4.10. The molecule has 0 heterocycles. The van der Waals surface area contributed by atoms with Crippen molar-refractivity contribution in [2.75, 3.05) is 6.61 Å². The van der Waals surface area contributed by atoms with Gasteiger partial charge < -0.3 is 24.4 Å². The Morgan fingerprint density at radius 2 is 1.70 bits per heavy atom. The number of rotatable bonds is 6. The van der Waals surface area contributed by atoms with Crippen LogP contribution in [0.1, 0.15) is 61.8 Å². The molecule has 4 aliphatic carbocycles. The molecule has 9 nitrogen and oxygen atoms in total. The minimum absolute atomic E-state index is 0.128. The second kappa shape index (κ2) is 10.1. The molecule has 0 unspecified atom stereocenters. The summed E-state index contributed by atoms with van der Waals surface area (Å²) in [6.45, 7) is 12.8. The maximum atomic E-state index is 14.7. The Morgan fingerprint density at radius 3 is 2.27 bits per heavy atom. The van der Waals surface area contributed by atoms with E-state index in [0.29, 0.717) is 23.1 Å². The van der Waals surface area contributed by atoms with Crippen molar-refractivity contribution in [3.63, 3.8) is 0 Å². The topological polar surface area (TPSA) is 136 Å². The Morgan fingerprint density at radius 1 is 1.10 bits per heavy atom. The van der Waals surface area contributed by atoms with Gasteiger partial charge in [0.05, 0.1) is 5.41 Å². The zero-order valence-corrected chi connectivity index (χ0v) is 24.4. The number of allylic oxidation sites excluding steroid dienone is 3. The Balaban J connectivity index is 1.87. The van der Waals surface area contributed by atoms with Crippen molar-refractivity contribution in [2.45, 2.75) is 85.2 Å². The van der Waals surface area contributed by atoms with Crippen LogP contribution >= 0.6 is 0 Å². The molecule has 218 valence electrons. The van der Waals surface area contributed by atoms with Crippen LogP contribution in [-0.2, 0) is 33.4 Å². The van der Waals surface area contributed by atoms with Gasteiger partial charge in [0.2, 0.25) is 0 Å². The zero-order chi connectivity index (χ0) is 29.9. The van der Waals surface area contributed by atoms with Gasteiger partial charge in [0.15, 0.2) is 17.5 Å². The zero-order valence-electron chi connectivity index (χ0n) is 24.4. The average Bonchev–Trinajstić information content (AvgIpc) is 3.42. The van der Waals surface area contributed by atoms with Crippen molar-refractivity contribution in [3.05, 3.63) is 46.6 Å². The normalized spacial score (nSPS) is 40.5. The average molecular weight is 557 g/mol. The lowest BCUT2D eigenvalue weighted by Gasteiger charge is -2.48. The second-order valence-electron chi connectivity index (χ2n) is 12.0. The monoisotopic (exact) mass is 556 g/mol. The lowest BCUT2D eigenvalue weighted by molar-refractivity contribution is -0.202. The first kappa shape index (κ1) is 29.9. The Hall–Kier alpha value is -3.04. The fraction of sp³-hybridized carbons (Fsp3) is 0.613. The second-order valence-corrected chi connectivity index (χ2v) is 12.0. The molecule has 2 N–H and O–H groups in total. The van der Waals surface area contributed by atoms with Gasteiger partial charge in [0, 0.05) is 35.8 Å². The van der Waals surface area contributed by atoms with Crippen LogP contribution < -0.4 is 0 Å². The minimum atomic E-state index is -2.26. The molecule has 2 fully saturated rings. The third kappa shape index (κ3) is 4.12. The van der Waals surface area contributed by atoms with Gasteiger partial charge in [-0.05, 0) is 65.0 Å². The standard InChI is InChI=1S/C31H40O9/c1-9-15(3)27(35)39-26-17(5)13-30-18(6)11-22-23(29(22,8)40-28(36)16(4)10-2)21(25(30)34)12-20(14-38-19(7)32)24(33)31(26,30)37/h9-10,12-13,18,21-24,26,33,37H,11,14H2,1-8H3/b15-9-,16-10-/t18-,21+,22-,23+,24-,26+,29-,30+,31+/m1/s1. The summed E-state index contributed by atoms with van der Waals surface area (Å²) in [5, 5.41) is 24.4. The van der Waals surface area contributed by atoms with Gasteiger partial charge in [-0.1, -0.05) is 31.2 Å². The first-order chi connectivity index (χ1) is 18.6. The lowest BCUT2D eigenvalue weighted by atomic mass is 9.59. The SMILES string of the molecule is C/C=C(/C)C(=O)O[C@H]1C(C)=C[C@]23C(=O)[C@@H](C=C(COC(C)=O)[C@@H](O)[C@]12O)[C@H]1[C@@H](C[C@H]3C)[C@@]1(C)OC(=O)/C(C)=C\C. The van der Waals surface area contributed by atoms with Crippen LogP contribution in [0.25, 0.3) is 0 Å². The molecular formula is C31H40O9. The number of hydrogen-bond donors (Lipinski definition) is 2. The van der Waals surface area contributed by atoms with Gasteiger partial charge in [0.1, 0.15) is 18.3 Å². The van der Waals surface area contributed by atoms with Crippen LogP contribution in [0.15, 0.2) is 46.6 Å². The van der Waals surface area contributed by atoms with Crippen LogP contribution in [0.3, 0.4) is 0 Å². The highest BCUT2D eigenvalue weighted by atomic mass is 16.6. The third-order valence-corrected chi connectivity index (χ3v) is 9.79. The van der Waals surface area contributed by atoms with E-state index >= 15 is 0 Å². The smallest absolute Gasteiger partial charge is 0.334 e. The van der Waals surface area contributed by atoms with E-state index in [1.807, 2.05) is 13.8 Å². The third-order valence-electron chi connectivity index (χ3n) is 9.79. The Bertz CT molecular complexity index is 1270. The van der Waals surface area contributed by atoms with Crippen LogP contribution in [-0.4, -0.2) is 63.9 Å². The fourth-order valence-corrected chi connectivity index (χ4v) is 7.27. The quantitative estimate of drug-likeness (QED) is 0.219. The van der Waals surface area contributed by atoms with Crippen molar-refractivity contribution in [1.82, 2.24) is 0 Å². The summed E-state index contributed by atoms with van der Waals surface area (Å²) in [4.78, 5) is 52.1. The molecule has 0 aromatic rings. The summed E-state index contributed by atoms with van der Waals surface area (Å²) < 4.78 is 17.0. The summed E-state index contributed by atoms with van der Waals surface area (Å²) >= 11 is 0. The number of aliphatic hydroxyl groups is 2. The van der Waals surface area contributed by atoms with E-state index in [-0.39, 0.29) is 23.9 Å². The van der Waals surface area contributed by atoms with Gasteiger partial charge in [-0.2, -0.15) is 0 Å². The number of fused-ring (bicyclic) bond motifs is 3. The number of Topliss-reactive ketones (excluding diaryl/α,β-unsaturated/α-hetero) is 1. The number of hydrogen-bond acceptors (Lipinski definition) is 9. The highest BCUT2D eigenvalue weighted by Gasteiger charge is 2.78. The van der Waals surface area contributed by atoms with Gasteiger partial charge in [-0.15, -0.1) is 0 Å². The van der Waals surface area contributed by atoms with E-state index in [1.165, 1.54) is 6.92 Å². The van der Waals surface area contributed by atoms with Crippen molar-refractivity contribution < 1.29 is 43.6 Å². The Kier molecular flexibility index (Phi) is 7.56. The van der Waals surface area contributed by atoms with E-state index in [2.05, 4.69) is 0 Å². The Labute approximate surface area is 234 Å². The van der Waals surface area contributed by atoms with Crippen molar-refractivity contribution in [3.8, 4) is 0 Å². The van der Waals surface area contributed by atoms with E-state index in [9.17, 15) is 29.4 Å². The van der Waals surface area contributed by atoms with Gasteiger partial charge in [0.25, 0.3) is 0 Å². The summed E-state index contributed by atoms with van der Waals surface area (Å²) in [7, 11) is 0. The van der Waals surface area contributed by atoms with E-state index < -0.39 is 64.5 Å². The molecule has 0 amide bonds. The van der Waals surface area contributed by atoms with E-state index in [0.717, 1.165) is 0 Å². The first-order valence-electron chi connectivity index (χ1n) is 13.8. The van der Waals surface area contributed by atoms with Crippen molar-refractivity contribution in [2.24, 2.45) is 29.1 Å². The molecule has 2 bridgehead atoms. The number of aliphatic hydroxyl groups excluding tert-OH is 1. The lowest BCUT2D eigenvalue weighted by Crippen LogP contribution is -2.66. The molecule has 4 rings (SSSR count). The van der Waals surface area contributed by atoms with Crippen LogP contribution in [0.2, 0.25) is 0 Å². The highest BCUT2D eigenvalue weighted by Crippen LogP contribution is 2.69. The van der Waals surface area contributed by atoms with Gasteiger partial charge >= 0.3 is 17.9 Å². The van der Waals surface area contributed by atoms with E-state index in [1.54, 1.807) is 58.9 Å². The summed E-state index contributed by atoms with van der Waals surface area (Å²) in [6.07, 6.45) is 3.85. The van der Waals surface area contributed by atoms with Gasteiger partial charge in [-0.3, -0.25) is 9.59 Å². The maximum Gasteiger partial charge on any atom is 0.334 e. The van der Waals surface area contributed by atoms with Crippen LogP contribution in [0, 0.1) is 29.1 Å². The van der Waals surface area contributed by atoms with E-state index in [4.69, 9.17) is 14.2 Å². The molecule has 0 saturated heterocycles. The molecule has 1 spiro atoms. The largest absolute Gasteiger partial charge is 0.461 e. The predicted octanol–water partition coefficient (Wildman–Crippen LogP) is 3.15. The van der Waals surface area contributed by atoms with Crippen molar-refractivity contribution in [1.29, 1.82) is 0 Å². The molecule has 9 heteroatoms.